The number of hydrogen-bond acceptors (Lipinski definition) is 6. The minimum Gasteiger partial charge on any atom is -0.493 e. The summed E-state index contributed by atoms with van der Waals surface area (Å²) in [5, 5.41) is 13.5. The molecule has 0 aliphatic rings. The van der Waals surface area contributed by atoms with Crippen LogP contribution < -0.4 is 14.8 Å². The number of carbonyl (C=O) groups excluding carboxylic acids is 2. The molecule has 1 aromatic rings. The van der Waals surface area contributed by atoms with Crippen molar-refractivity contribution in [3.63, 3.8) is 0 Å². The lowest BCUT2D eigenvalue weighted by molar-refractivity contribution is -0.385. The molecule has 1 N–H and O–H groups in total. The van der Waals surface area contributed by atoms with Gasteiger partial charge in [-0.1, -0.05) is 0 Å². The van der Waals surface area contributed by atoms with Crippen LogP contribution in [0.2, 0.25) is 0 Å². The van der Waals surface area contributed by atoms with E-state index in [1.165, 1.54) is 32.2 Å². The summed E-state index contributed by atoms with van der Waals surface area (Å²) in [7, 11) is 4.44. The molecular weight excluding hydrogens is 306 g/mol. The molecule has 2 amide bonds. The molecule has 0 heterocycles. The maximum absolute atomic E-state index is 12.2. The van der Waals surface area contributed by atoms with Gasteiger partial charge in [-0.25, -0.2) is 0 Å². The highest BCUT2D eigenvalue weighted by Gasteiger charge is 2.25. The van der Waals surface area contributed by atoms with Gasteiger partial charge < -0.3 is 19.7 Å². The lowest BCUT2D eigenvalue weighted by atomic mass is 10.1. The molecule has 0 saturated heterocycles. The van der Waals surface area contributed by atoms with Crippen LogP contribution in [0, 0.1) is 10.1 Å². The fourth-order valence-corrected chi connectivity index (χ4v) is 1.72. The Kier molecular flexibility index (Phi) is 6.31. The Hall–Kier alpha value is -2.84. The average molecular weight is 325 g/mol. The summed E-state index contributed by atoms with van der Waals surface area (Å²) in [6.07, 6.45) is 0. The number of nitrogens with zero attached hydrogens (tertiary/aromatic N) is 2. The van der Waals surface area contributed by atoms with Crippen molar-refractivity contribution in [1.82, 2.24) is 10.2 Å². The number of carbonyl (C=O) groups is 2. The van der Waals surface area contributed by atoms with Crippen LogP contribution >= 0.6 is 0 Å². The SMILES string of the molecule is CCOc1cc([N+](=O)[O-])c(C(=O)NCC(=O)N(C)C)cc1OC. The Labute approximate surface area is 133 Å². The number of hydrogen-bond donors (Lipinski definition) is 1. The number of nitrogens with one attached hydrogen (secondary N) is 1. The van der Waals surface area contributed by atoms with Gasteiger partial charge in [-0.2, -0.15) is 0 Å². The van der Waals surface area contributed by atoms with E-state index >= 15 is 0 Å². The number of rotatable bonds is 7. The van der Waals surface area contributed by atoms with Gasteiger partial charge in [0, 0.05) is 20.2 Å². The lowest BCUT2D eigenvalue weighted by Crippen LogP contribution is -2.36. The summed E-state index contributed by atoms with van der Waals surface area (Å²) in [6, 6.07) is 2.35. The smallest absolute Gasteiger partial charge is 0.286 e. The molecule has 9 heteroatoms. The van der Waals surface area contributed by atoms with Crippen LogP contribution in [0.15, 0.2) is 12.1 Å². The Morgan fingerprint density at radius 3 is 2.43 bits per heavy atom. The molecule has 0 bridgehead atoms. The predicted octanol–water partition coefficient (Wildman–Crippen LogP) is 0.820. The molecule has 0 spiro atoms. The van der Waals surface area contributed by atoms with Crippen LogP contribution in [0.3, 0.4) is 0 Å². The summed E-state index contributed by atoms with van der Waals surface area (Å²) < 4.78 is 10.3. The number of nitro benzene ring substituents is 1. The van der Waals surface area contributed by atoms with Gasteiger partial charge in [0.1, 0.15) is 5.56 Å². The number of amides is 2. The van der Waals surface area contributed by atoms with Crippen molar-refractivity contribution in [2.24, 2.45) is 0 Å². The van der Waals surface area contributed by atoms with E-state index in [9.17, 15) is 19.7 Å². The largest absolute Gasteiger partial charge is 0.493 e. The Morgan fingerprint density at radius 2 is 1.96 bits per heavy atom. The summed E-state index contributed by atoms with van der Waals surface area (Å²) >= 11 is 0. The fraction of sp³-hybridized carbons (Fsp3) is 0.429. The lowest BCUT2D eigenvalue weighted by Gasteiger charge is -2.13. The Morgan fingerprint density at radius 1 is 1.30 bits per heavy atom. The third kappa shape index (κ3) is 4.56. The molecule has 0 atom stereocenters. The third-order valence-corrected chi connectivity index (χ3v) is 2.92. The van der Waals surface area contributed by atoms with Gasteiger partial charge in [-0.15, -0.1) is 0 Å². The maximum atomic E-state index is 12.2. The molecule has 1 rings (SSSR count). The van der Waals surface area contributed by atoms with Gasteiger partial charge in [0.25, 0.3) is 11.6 Å². The van der Waals surface area contributed by atoms with Crippen molar-refractivity contribution in [3.05, 3.63) is 27.8 Å². The van der Waals surface area contributed by atoms with E-state index in [1.54, 1.807) is 6.92 Å². The van der Waals surface area contributed by atoms with Crippen LogP contribution in [0.25, 0.3) is 0 Å². The van der Waals surface area contributed by atoms with Gasteiger partial charge in [0.2, 0.25) is 5.91 Å². The van der Waals surface area contributed by atoms with Crippen molar-refractivity contribution >= 4 is 17.5 Å². The molecule has 23 heavy (non-hydrogen) atoms. The van der Waals surface area contributed by atoms with Gasteiger partial charge in [0.05, 0.1) is 31.3 Å². The van der Waals surface area contributed by atoms with Crippen LogP contribution in [0.1, 0.15) is 17.3 Å². The normalized spacial score (nSPS) is 9.91. The average Bonchev–Trinajstić information content (AvgIpc) is 2.51. The van der Waals surface area contributed by atoms with Crippen LogP contribution in [0.5, 0.6) is 11.5 Å². The van der Waals surface area contributed by atoms with Crippen molar-refractivity contribution in [3.8, 4) is 11.5 Å². The zero-order valence-electron chi connectivity index (χ0n) is 13.4. The van der Waals surface area contributed by atoms with E-state index in [-0.39, 0.29) is 36.1 Å². The van der Waals surface area contributed by atoms with E-state index in [0.717, 1.165) is 6.07 Å². The molecule has 0 saturated carbocycles. The van der Waals surface area contributed by atoms with Crippen molar-refractivity contribution < 1.29 is 24.0 Å². The molecule has 0 fully saturated rings. The fourth-order valence-electron chi connectivity index (χ4n) is 1.72. The Bertz CT molecular complexity index is 615. The molecule has 0 unspecified atom stereocenters. The first-order chi connectivity index (χ1) is 10.8. The zero-order valence-corrected chi connectivity index (χ0v) is 13.4. The van der Waals surface area contributed by atoms with Gasteiger partial charge in [-0.05, 0) is 6.92 Å². The zero-order chi connectivity index (χ0) is 17.6. The van der Waals surface area contributed by atoms with E-state index in [4.69, 9.17) is 9.47 Å². The first-order valence-corrected chi connectivity index (χ1v) is 6.79. The molecule has 0 radical (unpaired) electrons. The number of nitro groups is 1. The van der Waals surface area contributed by atoms with Crippen molar-refractivity contribution in [1.29, 1.82) is 0 Å². The quantitative estimate of drug-likeness (QED) is 0.587. The molecule has 0 aliphatic carbocycles. The first-order valence-electron chi connectivity index (χ1n) is 6.79. The number of methoxy groups -OCH3 is 1. The third-order valence-electron chi connectivity index (χ3n) is 2.92. The van der Waals surface area contributed by atoms with E-state index in [1.807, 2.05) is 0 Å². The van der Waals surface area contributed by atoms with Gasteiger partial charge in [0.15, 0.2) is 11.5 Å². The molecule has 1 aromatic carbocycles. The number of benzene rings is 1. The standard InChI is InChI=1S/C14H19N3O6/c1-5-23-12-7-10(17(20)21)9(6-11(12)22-4)14(19)15-8-13(18)16(2)3/h6-7H,5,8H2,1-4H3,(H,15,19). The molecule has 126 valence electrons. The van der Waals surface area contributed by atoms with Crippen LogP contribution in [0.4, 0.5) is 5.69 Å². The van der Waals surface area contributed by atoms with Crippen molar-refractivity contribution in [2.75, 3.05) is 34.4 Å². The second kappa shape index (κ2) is 7.97. The predicted molar refractivity (Wildman–Crippen MR) is 81.8 cm³/mol. The first kappa shape index (κ1) is 18.2. The molecule has 0 aliphatic heterocycles. The minimum absolute atomic E-state index is 0.169. The highest BCUT2D eigenvalue weighted by molar-refractivity contribution is 6.00. The number of likely N-dealkylation sites (N-methyl/N-ethyl adjacent to an activating group) is 1. The van der Waals surface area contributed by atoms with Crippen molar-refractivity contribution in [2.45, 2.75) is 6.92 Å². The van der Waals surface area contributed by atoms with E-state index in [0.29, 0.717) is 0 Å². The van der Waals surface area contributed by atoms with E-state index < -0.39 is 16.5 Å². The molecule has 0 aromatic heterocycles. The number of ether oxygens (including phenoxy) is 2. The summed E-state index contributed by atoms with van der Waals surface area (Å²) in [5.74, 6) is -0.712. The molecule has 9 nitrogen and oxygen atoms in total. The summed E-state index contributed by atoms with van der Waals surface area (Å²) in [5.41, 5.74) is -0.633. The van der Waals surface area contributed by atoms with Gasteiger partial charge >= 0.3 is 0 Å². The summed E-state index contributed by atoms with van der Waals surface area (Å²) in [6.45, 7) is 1.74. The highest BCUT2D eigenvalue weighted by Crippen LogP contribution is 2.34. The van der Waals surface area contributed by atoms with Crippen LogP contribution in [-0.2, 0) is 4.79 Å². The second-order valence-corrected chi connectivity index (χ2v) is 4.68. The molecular formula is C14H19N3O6. The second-order valence-electron chi connectivity index (χ2n) is 4.68. The monoisotopic (exact) mass is 325 g/mol. The topological polar surface area (TPSA) is 111 Å². The minimum atomic E-state index is -0.742. The Balaban J connectivity index is 3.15. The van der Waals surface area contributed by atoms with Crippen LogP contribution in [-0.4, -0.2) is 56.0 Å². The highest BCUT2D eigenvalue weighted by atomic mass is 16.6. The van der Waals surface area contributed by atoms with Gasteiger partial charge in [-0.3, -0.25) is 19.7 Å². The maximum Gasteiger partial charge on any atom is 0.286 e. The summed E-state index contributed by atoms with van der Waals surface area (Å²) in [4.78, 5) is 35.4. The van der Waals surface area contributed by atoms with E-state index in [2.05, 4.69) is 5.32 Å².